The van der Waals surface area contributed by atoms with Crippen LogP contribution in [0.1, 0.15) is 31.7 Å². The molecule has 7 heteroatoms. The molecule has 23 heavy (non-hydrogen) atoms. The molecule has 0 aliphatic carbocycles. The molecule has 1 rings (SSSR count). The largest absolute Gasteiger partial charge is 0.405 e. The van der Waals surface area contributed by atoms with E-state index in [0.717, 1.165) is 12.0 Å². The zero-order valence-electron chi connectivity index (χ0n) is 13.2. The van der Waals surface area contributed by atoms with E-state index in [4.69, 9.17) is 0 Å². The van der Waals surface area contributed by atoms with Crippen molar-refractivity contribution in [3.63, 3.8) is 0 Å². The fourth-order valence-corrected chi connectivity index (χ4v) is 3.48. The maximum Gasteiger partial charge on any atom is 0.405 e. The second-order valence-electron chi connectivity index (χ2n) is 5.50. The minimum atomic E-state index is -4.69. The first-order valence-corrected chi connectivity index (χ1v) is 8.88. The Morgan fingerprint density at radius 2 is 1.83 bits per heavy atom. The first-order valence-electron chi connectivity index (χ1n) is 7.40. The number of rotatable bonds is 8. The Kier molecular flexibility index (Phi) is 6.83. The topological polar surface area (TPSA) is 46.2 Å². The van der Waals surface area contributed by atoms with Gasteiger partial charge in [0.25, 0.3) is 0 Å². The summed E-state index contributed by atoms with van der Waals surface area (Å²) in [4.78, 5) is -0.185. The zero-order chi connectivity index (χ0) is 17.7. The number of aryl methyl sites for hydroxylation is 1. The summed E-state index contributed by atoms with van der Waals surface area (Å²) >= 11 is 0. The van der Waals surface area contributed by atoms with Crippen molar-refractivity contribution < 1.29 is 21.6 Å². The summed E-state index contributed by atoms with van der Waals surface area (Å²) in [6.45, 7) is 7.05. The maximum atomic E-state index is 13.3. The lowest BCUT2D eigenvalue weighted by molar-refractivity contribution is -0.159. The van der Waals surface area contributed by atoms with Gasteiger partial charge >= 0.3 is 6.18 Å². The lowest BCUT2D eigenvalue weighted by Gasteiger charge is -2.27. The minimum absolute atomic E-state index is 0.185. The van der Waals surface area contributed by atoms with Crippen molar-refractivity contribution in [1.82, 2.24) is 4.72 Å². The molecule has 1 aromatic rings. The van der Waals surface area contributed by atoms with Gasteiger partial charge in [-0.05, 0) is 25.5 Å². The number of unbranched alkanes of at least 4 members (excludes halogenated alkanes) is 1. The molecule has 0 spiro atoms. The number of hydrogen-bond donors (Lipinski definition) is 1. The van der Waals surface area contributed by atoms with Crippen LogP contribution in [-0.2, 0) is 10.0 Å². The normalized spacial score (nSPS) is 15.2. The highest BCUT2D eigenvalue weighted by Crippen LogP contribution is 2.30. The van der Waals surface area contributed by atoms with Gasteiger partial charge < -0.3 is 0 Å². The first kappa shape index (κ1) is 19.7. The van der Waals surface area contributed by atoms with Crippen molar-refractivity contribution in [3.8, 4) is 0 Å². The lowest BCUT2D eigenvalue weighted by atomic mass is 9.94. The van der Waals surface area contributed by atoms with E-state index in [-0.39, 0.29) is 11.3 Å². The summed E-state index contributed by atoms with van der Waals surface area (Å²) in [6, 6.07) is 3.48. The van der Waals surface area contributed by atoms with Crippen LogP contribution in [0.4, 0.5) is 13.2 Å². The van der Waals surface area contributed by atoms with Gasteiger partial charge in [-0.15, -0.1) is 6.58 Å². The Labute approximate surface area is 135 Å². The van der Waals surface area contributed by atoms with E-state index in [0.29, 0.717) is 6.42 Å². The molecule has 0 aromatic heterocycles. The highest BCUT2D eigenvalue weighted by molar-refractivity contribution is 7.89. The van der Waals surface area contributed by atoms with Gasteiger partial charge in [0.15, 0.2) is 0 Å². The van der Waals surface area contributed by atoms with Gasteiger partial charge in [-0.1, -0.05) is 43.5 Å². The van der Waals surface area contributed by atoms with E-state index in [1.807, 2.05) is 6.92 Å². The minimum Gasteiger partial charge on any atom is -0.207 e. The predicted molar refractivity (Wildman–Crippen MR) is 84.6 cm³/mol. The van der Waals surface area contributed by atoms with E-state index in [1.165, 1.54) is 18.2 Å². The molecular formula is C16H22F3NO2S. The molecule has 0 radical (unpaired) electrons. The van der Waals surface area contributed by atoms with Gasteiger partial charge in [0.2, 0.25) is 10.0 Å². The van der Waals surface area contributed by atoms with Crippen LogP contribution < -0.4 is 4.72 Å². The van der Waals surface area contributed by atoms with Crippen LogP contribution in [0.15, 0.2) is 41.8 Å². The summed E-state index contributed by atoms with van der Waals surface area (Å²) in [5, 5.41) is 0. The van der Waals surface area contributed by atoms with Crippen molar-refractivity contribution in [2.75, 3.05) is 0 Å². The Bertz CT molecular complexity index is 609. The van der Waals surface area contributed by atoms with E-state index >= 15 is 0 Å². The first-order chi connectivity index (χ1) is 10.6. The van der Waals surface area contributed by atoms with Crippen LogP contribution in [0.2, 0.25) is 0 Å². The van der Waals surface area contributed by atoms with Gasteiger partial charge in [0.1, 0.15) is 6.04 Å². The van der Waals surface area contributed by atoms with Crippen molar-refractivity contribution in [1.29, 1.82) is 0 Å². The van der Waals surface area contributed by atoms with Crippen LogP contribution in [0, 0.1) is 12.8 Å². The van der Waals surface area contributed by atoms with Crippen LogP contribution in [0.3, 0.4) is 0 Å². The molecule has 0 saturated carbocycles. The van der Waals surface area contributed by atoms with E-state index < -0.39 is 28.2 Å². The van der Waals surface area contributed by atoms with E-state index in [2.05, 4.69) is 6.58 Å². The van der Waals surface area contributed by atoms with Crippen LogP contribution in [0.5, 0.6) is 0 Å². The molecule has 0 saturated heterocycles. The molecule has 2 atom stereocenters. The van der Waals surface area contributed by atoms with Gasteiger partial charge in [-0.25, -0.2) is 8.42 Å². The number of nitrogens with one attached hydrogen (secondary N) is 1. The third kappa shape index (κ3) is 5.66. The summed E-state index contributed by atoms with van der Waals surface area (Å²) in [5.74, 6) is -1.00. The van der Waals surface area contributed by atoms with Crippen molar-refractivity contribution in [3.05, 3.63) is 42.5 Å². The Hall–Kier alpha value is -1.34. The third-order valence-electron chi connectivity index (χ3n) is 3.59. The molecule has 3 nitrogen and oxygen atoms in total. The SMILES string of the molecule is C=CC(CCCC)C(NS(=O)(=O)c1ccc(C)cc1)C(F)(F)F. The fraction of sp³-hybridized carbons (Fsp3) is 0.500. The van der Waals surface area contributed by atoms with Crippen LogP contribution in [0.25, 0.3) is 0 Å². The fourth-order valence-electron chi connectivity index (χ4n) is 2.21. The molecule has 2 unspecified atom stereocenters. The summed E-state index contributed by atoms with van der Waals surface area (Å²) in [6.07, 6.45) is -2.01. The zero-order valence-corrected chi connectivity index (χ0v) is 14.0. The maximum absolute atomic E-state index is 13.3. The Balaban J connectivity index is 3.09. The van der Waals surface area contributed by atoms with E-state index in [1.54, 1.807) is 23.8 Å². The van der Waals surface area contributed by atoms with Gasteiger partial charge in [-0.2, -0.15) is 17.9 Å². The third-order valence-corrected chi connectivity index (χ3v) is 5.04. The highest BCUT2D eigenvalue weighted by Gasteiger charge is 2.45. The Morgan fingerprint density at radius 3 is 2.26 bits per heavy atom. The Morgan fingerprint density at radius 1 is 1.26 bits per heavy atom. The number of hydrogen-bond acceptors (Lipinski definition) is 2. The molecule has 0 fully saturated rings. The second kappa shape index (κ2) is 7.97. The van der Waals surface area contributed by atoms with Crippen molar-refractivity contribution in [2.45, 2.75) is 50.2 Å². The lowest BCUT2D eigenvalue weighted by Crippen LogP contribution is -2.49. The molecule has 0 aliphatic heterocycles. The number of alkyl halides is 3. The number of halogens is 3. The molecule has 1 N–H and O–H groups in total. The molecular weight excluding hydrogens is 327 g/mol. The van der Waals surface area contributed by atoms with E-state index in [9.17, 15) is 21.6 Å². The smallest absolute Gasteiger partial charge is 0.207 e. The molecule has 1 aromatic carbocycles. The summed E-state index contributed by atoms with van der Waals surface area (Å²) in [7, 11) is -4.26. The van der Waals surface area contributed by atoms with Crippen LogP contribution in [-0.4, -0.2) is 20.6 Å². The average molecular weight is 349 g/mol. The summed E-state index contributed by atoms with van der Waals surface area (Å²) in [5.41, 5.74) is 0.822. The highest BCUT2D eigenvalue weighted by atomic mass is 32.2. The second-order valence-corrected chi connectivity index (χ2v) is 7.21. The van der Waals surface area contributed by atoms with Crippen molar-refractivity contribution >= 4 is 10.0 Å². The standard InChI is InChI=1S/C16H22F3NO2S/c1-4-6-7-13(5-2)15(16(17,18)19)20-23(21,22)14-10-8-12(3)9-11-14/h5,8-11,13,15,20H,2,4,6-7H2,1,3H3. The predicted octanol–water partition coefficient (Wildman–Crippen LogP) is 4.20. The molecule has 0 aliphatic rings. The summed E-state index contributed by atoms with van der Waals surface area (Å²) < 4.78 is 66.3. The van der Waals surface area contributed by atoms with Gasteiger partial charge in [-0.3, -0.25) is 0 Å². The van der Waals surface area contributed by atoms with Gasteiger partial charge in [0.05, 0.1) is 4.90 Å². The quantitative estimate of drug-likeness (QED) is 0.715. The monoisotopic (exact) mass is 349 g/mol. The van der Waals surface area contributed by atoms with Crippen molar-refractivity contribution in [2.24, 2.45) is 5.92 Å². The van der Waals surface area contributed by atoms with Crippen LogP contribution >= 0.6 is 0 Å². The molecule has 130 valence electrons. The molecule has 0 heterocycles. The van der Waals surface area contributed by atoms with Gasteiger partial charge in [0, 0.05) is 5.92 Å². The number of benzene rings is 1. The molecule has 0 bridgehead atoms. The average Bonchev–Trinajstić information content (AvgIpc) is 2.46. The molecule has 0 amide bonds. The number of sulfonamides is 1.